The maximum Gasteiger partial charge on any atom is 0.213 e. The van der Waals surface area contributed by atoms with E-state index in [1.54, 1.807) is 37.3 Å². The number of hydrogen-bond acceptors (Lipinski definition) is 10. The van der Waals surface area contributed by atoms with Crippen LogP contribution in [0.15, 0.2) is 366 Å². The fourth-order valence-corrected chi connectivity index (χ4v) is 16.1. The predicted molar refractivity (Wildman–Crippen MR) is 482 cm³/mol. The van der Waals surface area contributed by atoms with Crippen LogP contribution in [0.4, 0.5) is 0 Å². The minimum atomic E-state index is 0.694. The lowest BCUT2D eigenvalue weighted by molar-refractivity contribution is -0.633. The van der Waals surface area contributed by atoms with Crippen LogP contribution in [0.2, 0.25) is 0 Å². The summed E-state index contributed by atoms with van der Waals surface area (Å²) in [6, 6.07) is 104. The highest BCUT2D eigenvalue weighted by molar-refractivity contribution is 5.97. The van der Waals surface area contributed by atoms with Crippen LogP contribution in [-0.2, 0) is 35.2 Å². The second-order valence-corrected chi connectivity index (χ2v) is 29.6. The number of hydrogen-bond donors (Lipinski definition) is 0. The summed E-state index contributed by atoms with van der Waals surface area (Å²) in [6.07, 6.45) is 18.9. The third-order valence-electron chi connectivity index (χ3n) is 22.4. The van der Waals surface area contributed by atoms with Gasteiger partial charge in [0.1, 0.15) is 54.2 Å². The standard InChI is InChI=1S/C22H19N2.3C21H18N3.C20H17N4/c1-16-6-3-4-7-18(16)22-11-10-20-19(17-12-14-23-15-13-17)8-5-9-21(20)24(22)2;1-15-7-3-4-8-16(15)20-12-11-17-18(21-22-13-6-14-23-21)9-5-10-19(17)24(20)2;1-15-6-3-4-7-16(15)21-11-10-18-17(19-14-22-12-13-23-19)8-5-9-20(18)24(21)2;1-15-6-3-4-7-16(15)21-11-10-18-17(19-12-13-22-14-23-19)8-5-9-20(18)24(21)2;1-14-6-3-4-7-15(14)19-11-10-16-17(20-22-12-21-13-23-20)8-5-9-18(16)24(19)2/h3-15H,1-2H3;3*3-14H,1-2H3;3-13H,1-2H3/q5*+1. The Balaban J connectivity index is 0.000000112. The lowest BCUT2D eigenvalue weighted by Crippen LogP contribution is -2.32. The molecule has 0 fully saturated rings. The molecule has 0 unspecified atom stereocenters. The van der Waals surface area contributed by atoms with E-state index < -0.39 is 0 Å². The molecule has 10 aromatic carbocycles. The van der Waals surface area contributed by atoms with E-state index in [4.69, 9.17) is 0 Å². The molecule has 20 rings (SSSR count). The summed E-state index contributed by atoms with van der Waals surface area (Å²) in [7, 11) is 10.6. The largest absolute Gasteiger partial charge is 0.265 e. The minimum Gasteiger partial charge on any atom is -0.265 e. The van der Waals surface area contributed by atoms with E-state index in [1.165, 1.54) is 146 Å². The molecule has 0 bridgehead atoms. The summed E-state index contributed by atoms with van der Waals surface area (Å²) in [4.78, 5) is 42.5. The lowest BCUT2D eigenvalue weighted by Gasteiger charge is -2.09. The SMILES string of the molecule is Cc1ccccc1-c1ccc2c(-c3ccncc3)cccc2[n+]1C.Cc1ccccc1-c1ccc2c(-c3ccncn3)cccc2[n+]1C.Cc1ccccc1-c1ccc2c(-c3cnccn3)cccc2[n+]1C.Cc1ccccc1-c1ccc2c(-c3ncccn3)cccc2[n+]1C.Cc1ccccc1-c1ccc2c(-c3ncncn3)cccc2[n+]1C. The van der Waals surface area contributed by atoms with Gasteiger partial charge in [0, 0.05) is 154 Å². The van der Waals surface area contributed by atoms with Gasteiger partial charge in [-0.1, -0.05) is 152 Å². The van der Waals surface area contributed by atoms with Crippen molar-refractivity contribution in [2.24, 2.45) is 35.2 Å². The number of nitrogens with zero attached hydrogens (tertiary/aromatic N) is 15. The molecule has 0 aliphatic heterocycles. The number of benzene rings is 10. The molecule has 0 amide bonds. The van der Waals surface area contributed by atoms with Gasteiger partial charge in [-0.3, -0.25) is 15.0 Å². The van der Waals surface area contributed by atoms with Crippen molar-refractivity contribution in [2.75, 3.05) is 0 Å². The third kappa shape index (κ3) is 16.4. The van der Waals surface area contributed by atoms with Gasteiger partial charge in [0.25, 0.3) is 0 Å². The average molecular weight is 1560 g/mol. The van der Waals surface area contributed by atoms with Crippen molar-refractivity contribution >= 4 is 54.5 Å². The molecule has 0 spiro atoms. The van der Waals surface area contributed by atoms with E-state index in [-0.39, 0.29) is 0 Å². The second kappa shape index (κ2) is 35.8. The molecule has 0 radical (unpaired) electrons. The third-order valence-corrected chi connectivity index (χ3v) is 22.4. The van der Waals surface area contributed by atoms with E-state index >= 15 is 0 Å². The molecule has 580 valence electrons. The number of rotatable bonds is 10. The van der Waals surface area contributed by atoms with Crippen LogP contribution in [0, 0.1) is 34.6 Å². The first-order chi connectivity index (χ1) is 58.8. The molecule has 0 saturated heterocycles. The molecule has 0 aliphatic rings. The van der Waals surface area contributed by atoms with Crippen molar-refractivity contribution in [2.45, 2.75) is 34.6 Å². The normalized spacial score (nSPS) is 10.9. The molecular weight excluding hydrogens is 1470 g/mol. The molecule has 120 heavy (non-hydrogen) atoms. The summed E-state index contributed by atoms with van der Waals surface area (Å²) in [6.45, 7) is 10.7. The van der Waals surface area contributed by atoms with Crippen LogP contribution >= 0.6 is 0 Å². The monoisotopic (exact) mass is 1560 g/mol. The van der Waals surface area contributed by atoms with Gasteiger partial charge in [0.05, 0.1) is 44.5 Å². The van der Waals surface area contributed by atoms with Crippen molar-refractivity contribution in [3.8, 4) is 113 Å². The molecule has 0 aliphatic carbocycles. The molecule has 15 heteroatoms. The van der Waals surface area contributed by atoms with Gasteiger partial charge in [-0.2, -0.15) is 22.8 Å². The van der Waals surface area contributed by atoms with Crippen molar-refractivity contribution in [1.82, 2.24) is 49.8 Å². The predicted octanol–water partition coefficient (Wildman–Crippen LogP) is 20.5. The Morgan fingerprint density at radius 3 is 0.850 bits per heavy atom. The first kappa shape index (κ1) is 78.5. The number of aromatic nitrogens is 15. The molecule has 0 saturated carbocycles. The van der Waals surface area contributed by atoms with Crippen LogP contribution in [-0.4, -0.2) is 49.8 Å². The molecule has 15 nitrogen and oxygen atoms in total. The van der Waals surface area contributed by atoms with Crippen LogP contribution in [0.25, 0.3) is 167 Å². The first-order valence-corrected chi connectivity index (χ1v) is 40.0. The van der Waals surface area contributed by atoms with Crippen molar-refractivity contribution in [1.29, 1.82) is 0 Å². The zero-order chi connectivity index (χ0) is 82.6. The molecule has 0 N–H and O–H groups in total. The molecular formula is C105H90N15+5. The Hall–Kier alpha value is -15.4. The summed E-state index contributed by atoms with van der Waals surface area (Å²) >= 11 is 0. The highest BCUT2D eigenvalue weighted by atomic mass is 15.0. The fourth-order valence-electron chi connectivity index (χ4n) is 16.1. The van der Waals surface area contributed by atoms with Crippen LogP contribution < -0.4 is 22.8 Å². The zero-order valence-corrected chi connectivity index (χ0v) is 68.8. The van der Waals surface area contributed by atoms with E-state index in [1.807, 2.05) is 42.9 Å². The Labute approximate surface area is 699 Å². The van der Waals surface area contributed by atoms with Gasteiger partial charge in [-0.25, -0.2) is 34.9 Å². The highest BCUT2D eigenvalue weighted by Crippen LogP contribution is 2.35. The van der Waals surface area contributed by atoms with Crippen molar-refractivity contribution in [3.63, 3.8) is 0 Å². The van der Waals surface area contributed by atoms with Crippen LogP contribution in [0.3, 0.4) is 0 Å². The Morgan fingerprint density at radius 1 is 0.192 bits per heavy atom. The average Bonchev–Trinajstić information content (AvgIpc) is 0.792. The molecule has 20 aromatic rings. The summed E-state index contributed by atoms with van der Waals surface area (Å²) in [5, 5.41) is 5.91. The van der Waals surface area contributed by atoms with Gasteiger partial charge in [0.15, 0.2) is 11.6 Å². The quantitative estimate of drug-likeness (QED) is 0.121. The topological polar surface area (TPSA) is 148 Å². The highest BCUT2D eigenvalue weighted by Gasteiger charge is 2.25. The smallest absolute Gasteiger partial charge is 0.213 e. The van der Waals surface area contributed by atoms with Gasteiger partial charge in [-0.15, -0.1) is 0 Å². The van der Waals surface area contributed by atoms with Crippen molar-refractivity contribution < 1.29 is 22.8 Å². The van der Waals surface area contributed by atoms with Gasteiger partial charge >= 0.3 is 0 Å². The van der Waals surface area contributed by atoms with E-state index in [9.17, 15) is 0 Å². The summed E-state index contributed by atoms with van der Waals surface area (Å²) in [5.74, 6) is 1.45. The minimum absolute atomic E-state index is 0.694. The molecule has 10 heterocycles. The molecule has 10 aromatic heterocycles. The Morgan fingerprint density at radius 2 is 0.500 bits per heavy atom. The van der Waals surface area contributed by atoms with E-state index in [0.717, 1.165) is 55.8 Å². The summed E-state index contributed by atoms with van der Waals surface area (Å²) < 4.78 is 11.2. The number of pyridine rings is 6. The maximum absolute atomic E-state index is 4.45. The first-order valence-electron chi connectivity index (χ1n) is 40.0. The second-order valence-electron chi connectivity index (χ2n) is 29.6. The zero-order valence-electron chi connectivity index (χ0n) is 68.8. The van der Waals surface area contributed by atoms with E-state index in [2.05, 4.69) is 416 Å². The number of fused-ring (bicyclic) bond motifs is 5. The van der Waals surface area contributed by atoms with Crippen molar-refractivity contribution in [3.05, 3.63) is 394 Å². The Kier molecular flexibility index (Phi) is 23.4. The van der Waals surface area contributed by atoms with Crippen LogP contribution in [0.1, 0.15) is 27.8 Å². The van der Waals surface area contributed by atoms with E-state index in [0.29, 0.717) is 5.82 Å². The maximum atomic E-state index is 4.45. The lowest BCUT2D eigenvalue weighted by atomic mass is 9.99. The summed E-state index contributed by atoms with van der Waals surface area (Å²) in [5.41, 5.74) is 33.2. The van der Waals surface area contributed by atoms with Gasteiger partial charge < -0.3 is 0 Å². The fraction of sp³-hybridized carbons (Fsp3) is 0.0952. The number of aryl methyl sites for hydroxylation is 10. The Bertz CT molecular complexity index is 6110. The van der Waals surface area contributed by atoms with Gasteiger partial charge in [0.2, 0.25) is 56.1 Å². The van der Waals surface area contributed by atoms with Crippen LogP contribution in [0.5, 0.6) is 0 Å². The molecule has 0 atom stereocenters. The van der Waals surface area contributed by atoms with Gasteiger partial charge in [-0.05, 0) is 158 Å².